The molecule has 2 heterocycles. The summed E-state index contributed by atoms with van der Waals surface area (Å²) in [6.45, 7) is 3.16. The summed E-state index contributed by atoms with van der Waals surface area (Å²) in [5, 5.41) is 13.2. The SMILES string of the molecule is CC(OPI)C1NC=CN1CC#Cc1ccc(-c2ccc(C3CC(=O)N3)cc2)cc1.CO. The van der Waals surface area contributed by atoms with E-state index in [1.807, 2.05) is 12.4 Å². The quantitative estimate of drug-likeness (QED) is 0.215. The number of rotatable bonds is 6. The van der Waals surface area contributed by atoms with Gasteiger partial charge in [-0.05, 0) is 57.8 Å². The maximum atomic E-state index is 11.1. The topological polar surface area (TPSA) is 73.8 Å². The van der Waals surface area contributed by atoms with Crippen molar-refractivity contribution in [3.05, 3.63) is 72.1 Å². The summed E-state index contributed by atoms with van der Waals surface area (Å²) in [5.74, 6) is 6.63. The smallest absolute Gasteiger partial charge is 0.222 e. The molecule has 6 nitrogen and oxygen atoms in total. The van der Waals surface area contributed by atoms with E-state index in [1.54, 1.807) is 0 Å². The van der Waals surface area contributed by atoms with Crippen molar-refractivity contribution >= 4 is 34.4 Å². The van der Waals surface area contributed by atoms with Crippen LogP contribution in [0.5, 0.6) is 0 Å². The Kier molecular flexibility index (Phi) is 9.36. The summed E-state index contributed by atoms with van der Waals surface area (Å²) in [6, 6.07) is 16.9. The number of halogens is 1. The summed E-state index contributed by atoms with van der Waals surface area (Å²) >= 11 is 2.24. The fraction of sp³-hybridized carbons (Fsp3) is 0.292. The van der Waals surface area contributed by atoms with Gasteiger partial charge in [0.25, 0.3) is 0 Å². The number of benzene rings is 2. The van der Waals surface area contributed by atoms with E-state index < -0.39 is 0 Å². The Hall–Kier alpha value is -2.11. The van der Waals surface area contributed by atoms with E-state index in [0.29, 0.717) is 19.4 Å². The third-order valence-corrected chi connectivity index (χ3v) is 6.54. The zero-order valence-corrected chi connectivity index (χ0v) is 21.2. The van der Waals surface area contributed by atoms with Crippen LogP contribution in [-0.4, -0.2) is 41.8 Å². The predicted molar refractivity (Wildman–Crippen MR) is 138 cm³/mol. The molecule has 4 rings (SSSR count). The third-order valence-electron chi connectivity index (χ3n) is 5.32. The lowest BCUT2D eigenvalue weighted by Gasteiger charge is -2.28. The van der Waals surface area contributed by atoms with Gasteiger partial charge >= 0.3 is 0 Å². The number of hydrogen-bond donors (Lipinski definition) is 3. The van der Waals surface area contributed by atoms with Gasteiger partial charge in [-0.15, -0.1) is 0 Å². The summed E-state index contributed by atoms with van der Waals surface area (Å²) in [7, 11) is 1.00. The van der Waals surface area contributed by atoms with Gasteiger partial charge in [0, 0.05) is 25.1 Å². The van der Waals surface area contributed by atoms with E-state index in [0.717, 1.165) is 29.4 Å². The standard InChI is InChI=1S/C23H23IN3O2P.CH4O/c1-16(29-30-24)23-25-12-14-27(23)13-2-3-17-4-6-18(7-5-17)19-8-10-20(11-9-19)21-15-22(28)26-21;1-2/h4-12,14,16,21,23,25,30H,13,15H2,1H3,(H,26,28);2H,1H3. The average Bonchev–Trinajstić information content (AvgIpc) is 3.28. The first kappa shape index (κ1) is 24.5. The fourth-order valence-electron chi connectivity index (χ4n) is 3.56. The van der Waals surface area contributed by atoms with Crippen LogP contribution in [0, 0.1) is 11.8 Å². The predicted octanol–water partition coefficient (Wildman–Crippen LogP) is 3.93. The monoisotopic (exact) mass is 563 g/mol. The second-order valence-corrected chi connectivity index (χ2v) is 9.04. The van der Waals surface area contributed by atoms with Crippen molar-refractivity contribution < 1.29 is 14.4 Å². The van der Waals surface area contributed by atoms with Crippen LogP contribution in [0.2, 0.25) is 0 Å². The van der Waals surface area contributed by atoms with E-state index in [2.05, 4.69) is 105 Å². The molecule has 2 aromatic carbocycles. The van der Waals surface area contributed by atoms with Gasteiger partial charge in [-0.1, -0.05) is 48.2 Å². The Morgan fingerprint density at radius 1 is 1.19 bits per heavy atom. The van der Waals surface area contributed by atoms with Crippen molar-refractivity contribution in [2.24, 2.45) is 0 Å². The maximum absolute atomic E-state index is 11.1. The average molecular weight is 563 g/mol. The van der Waals surface area contributed by atoms with Gasteiger partial charge < -0.3 is 25.2 Å². The van der Waals surface area contributed by atoms with Crippen molar-refractivity contribution in [1.29, 1.82) is 0 Å². The molecule has 1 fully saturated rings. The minimum Gasteiger partial charge on any atom is -0.400 e. The van der Waals surface area contributed by atoms with E-state index in [1.165, 1.54) is 0 Å². The number of carbonyl (C=O) groups excluding carboxylic acids is 1. The fourth-order valence-corrected chi connectivity index (χ4v) is 5.04. The van der Waals surface area contributed by atoms with Crippen molar-refractivity contribution in [2.75, 3.05) is 13.7 Å². The van der Waals surface area contributed by atoms with Crippen molar-refractivity contribution in [2.45, 2.75) is 31.7 Å². The third kappa shape index (κ3) is 6.23. The second kappa shape index (κ2) is 12.2. The summed E-state index contributed by atoms with van der Waals surface area (Å²) < 4.78 is 5.71. The Morgan fingerprint density at radius 2 is 1.81 bits per heavy atom. The van der Waals surface area contributed by atoms with Crippen LogP contribution >= 0.6 is 28.5 Å². The minimum absolute atomic E-state index is 0.100. The van der Waals surface area contributed by atoms with Crippen LogP contribution in [0.3, 0.4) is 0 Å². The van der Waals surface area contributed by atoms with Gasteiger partial charge in [-0.3, -0.25) is 4.79 Å². The molecular formula is C24H27IN3O3P. The Labute approximate surface area is 204 Å². The number of nitrogens with zero attached hydrogens (tertiary/aromatic N) is 1. The number of aliphatic hydroxyl groups is 1. The molecule has 1 amide bonds. The Balaban J connectivity index is 0.00000141. The van der Waals surface area contributed by atoms with Crippen LogP contribution in [0.1, 0.15) is 30.5 Å². The van der Waals surface area contributed by atoms with Crippen LogP contribution < -0.4 is 10.6 Å². The van der Waals surface area contributed by atoms with E-state index >= 15 is 0 Å². The van der Waals surface area contributed by atoms with Crippen LogP contribution in [-0.2, 0) is 9.32 Å². The normalized spacial score (nSPS) is 19.9. The zero-order chi connectivity index (χ0) is 22.9. The molecule has 4 atom stereocenters. The number of aliphatic hydroxyl groups excluding tert-OH is 1. The molecule has 4 unspecified atom stereocenters. The van der Waals surface area contributed by atoms with Crippen molar-refractivity contribution in [3.8, 4) is 23.0 Å². The number of nitrogens with one attached hydrogen (secondary N) is 2. The lowest BCUT2D eigenvalue weighted by molar-refractivity contribution is -0.128. The molecule has 3 N–H and O–H groups in total. The first-order valence-electron chi connectivity index (χ1n) is 10.3. The van der Waals surface area contributed by atoms with E-state index in [9.17, 15) is 4.79 Å². The summed E-state index contributed by atoms with van der Waals surface area (Å²) in [6.07, 6.45) is 4.78. The summed E-state index contributed by atoms with van der Waals surface area (Å²) in [4.78, 5) is 13.3. The number of amides is 1. The number of β-lactam (4-membered cyclic amide) rings is 1. The molecule has 1 saturated heterocycles. The van der Waals surface area contributed by atoms with E-state index in [4.69, 9.17) is 9.63 Å². The molecule has 2 aliphatic heterocycles. The van der Waals surface area contributed by atoms with Gasteiger partial charge in [0.2, 0.25) is 5.91 Å². The Bertz CT molecular complexity index is 978. The number of carbonyl (C=O) groups is 1. The van der Waals surface area contributed by atoms with Gasteiger partial charge in [0.05, 0.1) is 31.6 Å². The molecule has 0 saturated carbocycles. The lowest BCUT2D eigenvalue weighted by Crippen LogP contribution is -2.44. The second-order valence-electron chi connectivity index (χ2n) is 7.33. The highest BCUT2D eigenvalue weighted by Gasteiger charge is 2.26. The summed E-state index contributed by atoms with van der Waals surface area (Å²) in [5.41, 5.74) is 4.47. The Morgan fingerprint density at radius 3 is 2.41 bits per heavy atom. The van der Waals surface area contributed by atoms with Crippen molar-refractivity contribution in [3.63, 3.8) is 0 Å². The highest BCUT2D eigenvalue weighted by atomic mass is 127. The minimum atomic E-state index is 0.100. The van der Waals surface area contributed by atoms with Gasteiger partial charge in [0.15, 0.2) is 0 Å². The first-order valence-corrected chi connectivity index (χ1v) is 14.3. The van der Waals surface area contributed by atoms with Crippen LogP contribution in [0.15, 0.2) is 60.9 Å². The molecule has 2 aromatic rings. The highest BCUT2D eigenvalue weighted by Crippen LogP contribution is 2.28. The lowest BCUT2D eigenvalue weighted by atomic mass is 9.95. The maximum Gasteiger partial charge on any atom is 0.222 e. The highest BCUT2D eigenvalue weighted by molar-refractivity contribution is 14.2. The van der Waals surface area contributed by atoms with E-state index in [-0.39, 0.29) is 24.2 Å². The molecule has 0 aromatic heterocycles. The molecule has 8 heteroatoms. The largest absolute Gasteiger partial charge is 0.400 e. The molecule has 2 aliphatic rings. The van der Waals surface area contributed by atoms with Gasteiger partial charge in [-0.25, -0.2) is 0 Å². The van der Waals surface area contributed by atoms with Crippen LogP contribution in [0.4, 0.5) is 0 Å². The van der Waals surface area contributed by atoms with Gasteiger partial charge in [0.1, 0.15) is 6.17 Å². The molecule has 0 spiro atoms. The zero-order valence-electron chi connectivity index (χ0n) is 18.0. The molecule has 0 bridgehead atoms. The molecule has 32 heavy (non-hydrogen) atoms. The molecular weight excluding hydrogens is 536 g/mol. The first-order chi connectivity index (χ1) is 15.6. The van der Waals surface area contributed by atoms with Crippen LogP contribution in [0.25, 0.3) is 11.1 Å². The molecule has 168 valence electrons. The van der Waals surface area contributed by atoms with Gasteiger partial charge in [-0.2, -0.15) is 0 Å². The van der Waals surface area contributed by atoms with Crippen molar-refractivity contribution in [1.82, 2.24) is 15.5 Å². The number of hydrogen-bond acceptors (Lipinski definition) is 5. The molecule has 0 aliphatic carbocycles. The molecule has 0 radical (unpaired) electrons.